The molecule has 2 heteroatoms. The van der Waals surface area contributed by atoms with Crippen LogP contribution in [0.15, 0.2) is 0 Å². The highest BCUT2D eigenvalue weighted by molar-refractivity contribution is 4.66. The average molecular weight is 413 g/mol. The summed E-state index contributed by atoms with van der Waals surface area (Å²) >= 11 is 0. The molecule has 0 radical (unpaired) electrons. The molecule has 0 aliphatic rings. The van der Waals surface area contributed by atoms with Crippen LogP contribution in [0, 0.1) is 23.7 Å². The summed E-state index contributed by atoms with van der Waals surface area (Å²) in [6, 6.07) is 0. The van der Waals surface area contributed by atoms with Gasteiger partial charge in [-0.05, 0) is 62.2 Å². The van der Waals surface area contributed by atoms with Gasteiger partial charge in [0.05, 0.1) is 0 Å². The maximum Gasteiger partial charge on any atom is 0.146 e. The van der Waals surface area contributed by atoms with E-state index < -0.39 is 0 Å². The van der Waals surface area contributed by atoms with Gasteiger partial charge in [0.25, 0.3) is 0 Å². The molecule has 4 atom stereocenters. The van der Waals surface area contributed by atoms with Crippen molar-refractivity contribution in [1.82, 2.24) is 0 Å². The van der Waals surface area contributed by atoms with Crippen LogP contribution in [0.4, 0.5) is 0 Å². The van der Waals surface area contributed by atoms with Crippen LogP contribution in [0.2, 0.25) is 0 Å². The summed E-state index contributed by atoms with van der Waals surface area (Å²) in [5.41, 5.74) is 0. The number of unbranched alkanes of at least 4 members (excludes halogenated alkanes) is 6. The molecule has 4 unspecified atom stereocenters. The Labute approximate surface area is 184 Å². The van der Waals surface area contributed by atoms with Crippen LogP contribution >= 0.6 is 0 Å². The molecule has 0 bridgehead atoms. The van der Waals surface area contributed by atoms with Gasteiger partial charge in [0.2, 0.25) is 0 Å². The molecular formula is C27H56O2. The predicted molar refractivity (Wildman–Crippen MR) is 129 cm³/mol. The fraction of sp³-hybridized carbons (Fsp3) is 1.00. The van der Waals surface area contributed by atoms with Gasteiger partial charge in [-0.1, -0.05) is 92.9 Å². The molecule has 0 amide bonds. The molecular weight excluding hydrogens is 356 g/mol. The maximum atomic E-state index is 5.66. The van der Waals surface area contributed by atoms with E-state index in [-0.39, 0.29) is 0 Å². The van der Waals surface area contributed by atoms with Crippen LogP contribution in [0.1, 0.15) is 131 Å². The molecule has 0 saturated heterocycles. The first kappa shape index (κ1) is 28.9. The van der Waals surface area contributed by atoms with Gasteiger partial charge < -0.3 is 9.47 Å². The van der Waals surface area contributed by atoms with Crippen LogP contribution in [-0.2, 0) is 9.47 Å². The molecule has 176 valence electrons. The van der Waals surface area contributed by atoms with Gasteiger partial charge in [0.1, 0.15) is 6.79 Å². The highest BCUT2D eigenvalue weighted by Crippen LogP contribution is 2.26. The molecule has 0 aliphatic carbocycles. The lowest BCUT2D eigenvalue weighted by molar-refractivity contribution is -0.0561. The van der Waals surface area contributed by atoms with E-state index in [0.29, 0.717) is 6.79 Å². The van der Waals surface area contributed by atoms with Crippen LogP contribution in [0.5, 0.6) is 0 Å². The minimum absolute atomic E-state index is 0.480. The lowest BCUT2D eigenvalue weighted by Crippen LogP contribution is -2.11. The SMILES string of the molecule is CCCCCCCCCOCOCCCC(C)CC(C)CC(C)CC(C)CCC. The molecule has 0 spiro atoms. The summed E-state index contributed by atoms with van der Waals surface area (Å²) in [5.74, 6) is 3.42. The van der Waals surface area contributed by atoms with E-state index in [1.54, 1.807) is 0 Å². The van der Waals surface area contributed by atoms with Crippen molar-refractivity contribution in [3.8, 4) is 0 Å². The Morgan fingerprint density at radius 2 is 0.966 bits per heavy atom. The molecule has 0 saturated carbocycles. The van der Waals surface area contributed by atoms with E-state index in [9.17, 15) is 0 Å². The lowest BCUT2D eigenvalue weighted by Gasteiger charge is -2.22. The van der Waals surface area contributed by atoms with Crippen molar-refractivity contribution in [3.63, 3.8) is 0 Å². The average Bonchev–Trinajstić information content (AvgIpc) is 2.65. The normalized spacial score (nSPS) is 15.9. The first-order chi connectivity index (χ1) is 14.0. The van der Waals surface area contributed by atoms with Gasteiger partial charge in [0, 0.05) is 13.2 Å². The first-order valence-corrected chi connectivity index (χ1v) is 13.1. The second kappa shape index (κ2) is 21.2. The van der Waals surface area contributed by atoms with Crippen molar-refractivity contribution in [3.05, 3.63) is 0 Å². The zero-order chi connectivity index (χ0) is 21.7. The van der Waals surface area contributed by atoms with E-state index in [0.717, 1.165) is 43.3 Å². The van der Waals surface area contributed by atoms with E-state index in [1.165, 1.54) is 83.5 Å². The standard InChI is InChI=1S/C27H56O2/c1-7-9-10-11-12-13-14-18-28-23-29-19-15-17-25(4)21-27(6)22-26(5)20-24(3)16-8-2/h24-27H,7-23H2,1-6H3. The molecule has 0 fully saturated rings. The number of rotatable bonds is 22. The summed E-state index contributed by atoms with van der Waals surface area (Å²) in [6.45, 7) is 16.5. The monoisotopic (exact) mass is 412 g/mol. The Hall–Kier alpha value is -0.0800. The largest absolute Gasteiger partial charge is 0.355 e. The second-order valence-corrected chi connectivity index (χ2v) is 10.1. The second-order valence-electron chi connectivity index (χ2n) is 10.1. The summed E-state index contributed by atoms with van der Waals surface area (Å²) in [6.07, 6.45) is 18.7. The summed E-state index contributed by atoms with van der Waals surface area (Å²) < 4.78 is 11.3. The quantitative estimate of drug-likeness (QED) is 0.130. The lowest BCUT2D eigenvalue weighted by atomic mass is 9.84. The van der Waals surface area contributed by atoms with Crippen molar-refractivity contribution < 1.29 is 9.47 Å². The van der Waals surface area contributed by atoms with Gasteiger partial charge in [-0.2, -0.15) is 0 Å². The zero-order valence-electron chi connectivity index (χ0n) is 21.1. The highest BCUT2D eigenvalue weighted by Gasteiger charge is 2.14. The highest BCUT2D eigenvalue weighted by atomic mass is 16.7. The van der Waals surface area contributed by atoms with Crippen molar-refractivity contribution in [2.45, 2.75) is 131 Å². The Morgan fingerprint density at radius 1 is 0.483 bits per heavy atom. The first-order valence-electron chi connectivity index (χ1n) is 13.1. The van der Waals surface area contributed by atoms with Crippen molar-refractivity contribution in [2.75, 3.05) is 20.0 Å². The van der Waals surface area contributed by atoms with Crippen LogP contribution in [0.25, 0.3) is 0 Å². The summed E-state index contributed by atoms with van der Waals surface area (Å²) in [7, 11) is 0. The molecule has 0 N–H and O–H groups in total. The molecule has 2 nitrogen and oxygen atoms in total. The van der Waals surface area contributed by atoms with Crippen LogP contribution in [-0.4, -0.2) is 20.0 Å². The van der Waals surface area contributed by atoms with Crippen LogP contribution < -0.4 is 0 Å². The molecule has 0 aromatic rings. The third-order valence-corrected chi connectivity index (χ3v) is 6.24. The topological polar surface area (TPSA) is 18.5 Å². The van der Waals surface area contributed by atoms with Crippen molar-refractivity contribution in [1.29, 1.82) is 0 Å². The minimum Gasteiger partial charge on any atom is -0.355 e. The molecule has 0 aromatic heterocycles. The van der Waals surface area contributed by atoms with Gasteiger partial charge in [0.15, 0.2) is 0 Å². The number of hydrogen-bond acceptors (Lipinski definition) is 2. The molecule has 0 aromatic carbocycles. The van der Waals surface area contributed by atoms with Gasteiger partial charge in [-0.3, -0.25) is 0 Å². The fourth-order valence-corrected chi connectivity index (χ4v) is 4.85. The Kier molecular flexibility index (Phi) is 21.1. The Morgan fingerprint density at radius 3 is 1.55 bits per heavy atom. The van der Waals surface area contributed by atoms with Gasteiger partial charge in [-0.15, -0.1) is 0 Å². The van der Waals surface area contributed by atoms with E-state index >= 15 is 0 Å². The maximum absolute atomic E-state index is 5.66. The van der Waals surface area contributed by atoms with Crippen LogP contribution in [0.3, 0.4) is 0 Å². The predicted octanol–water partition coefficient (Wildman–Crippen LogP) is 9.02. The molecule has 0 aliphatic heterocycles. The number of hydrogen-bond donors (Lipinski definition) is 0. The Balaban J connectivity index is 3.45. The summed E-state index contributed by atoms with van der Waals surface area (Å²) in [4.78, 5) is 0. The fourth-order valence-electron chi connectivity index (χ4n) is 4.85. The smallest absolute Gasteiger partial charge is 0.146 e. The third kappa shape index (κ3) is 21.0. The molecule has 0 rings (SSSR count). The summed E-state index contributed by atoms with van der Waals surface area (Å²) in [5, 5.41) is 0. The van der Waals surface area contributed by atoms with E-state index in [4.69, 9.17) is 9.47 Å². The van der Waals surface area contributed by atoms with Gasteiger partial charge in [-0.25, -0.2) is 0 Å². The number of ether oxygens (including phenoxy) is 2. The molecule has 29 heavy (non-hydrogen) atoms. The third-order valence-electron chi connectivity index (χ3n) is 6.24. The van der Waals surface area contributed by atoms with E-state index in [1.807, 2.05) is 0 Å². The van der Waals surface area contributed by atoms with Crippen molar-refractivity contribution in [2.24, 2.45) is 23.7 Å². The zero-order valence-corrected chi connectivity index (χ0v) is 21.1. The van der Waals surface area contributed by atoms with Crippen molar-refractivity contribution >= 4 is 0 Å². The van der Waals surface area contributed by atoms with E-state index in [2.05, 4.69) is 41.5 Å². The van der Waals surface area contributed by atoms with Gasteiger partial charge >= 0.3 is 0 Å². The molecule has 0 heterocycles. The minimum atomic E-state index is 0.480. The Bertz CT molecular complexity index is 318.